The molecular formula is C33H61N5O7. The fraction of sp³-hybridized carbons (Fsp3) is 0.848. The molecule has 1 saturated carbocycles. The summed E-state index contributed by atoms with van der Waals surface area (Å²) in [6.07, 6.45) is 5.86. The number of rotatable bonds is 17. The molecule has 0 unspecified atom stereocenters. The first-order valence-corrected chi connectivity index (χ1v) is 16.7. The smallest absolute Gasteiger partial charge is 0.408 e. The van der Waals surface area contributed by atoms with Gasteiger partial charge in [-0.2, -0.15) is 0 Å². The molecule has 1 fully saturated rings. The average molecular weight is 640 g/mol. The fourth-order valence-electron chi connectivity index (χ4n) is 5.48. The van der Waals surface area contributed by atoms with Crippen molar-refractivity contribution in [3.8, 4) is 0 Å². The van der Waals surface area contributed by atoms with Gasteiger partial charge < -0.3 is 36.8 Å². The molecule has 12 heteroatoms. The highest BCUT2D eigenvalue weighted by atomic mass is 16.6. The maximum absolute atomic E-state index is 13.9. The Labute approximate surface area is 270 Å². The van der Waals surface area contributed by atoms with Crippen LogP contribution in [0.15, 0.2) is 0 Å². The van der Waals surface area contributed by atoms with Crippen LogP contribution >= 0.6 is 0 Å². The Morgan fingerprint density at radius 1 is 0.911 bits per heavy atom. The second-order valence-corrected chi connectivity index (χ2v) is 14.7. The highest BCUT2D eigenvalue weighted by molar-refractivity contribution is 5.92. The van der Waals surface area contributed by atoms with E-state index in [0.29, 0.717) is 18.9 Å². The summed E-state index contributed by atoms with van der Waals surface area (Å²) in [4.78, 5) is 64.0. The number of carbonyl (C=O) groups excluding carboxylic acids is 5. The third-order valence-corrected chi connectivity index (χ3v) is 8.08. The molecule has 0 aromatic carbocycles. The lowest BCUT2D eigenvalue weighted by Crippen LogP contribution is -2.60. The van der Waals surface area contributed by atoms with E-state index >= 15 is 0 Å². The Hall–Kier alpha value is -2.89. The molecule has 0 saturated heterocycles. The molecule has 0 radical (unpaired) electrons. The first-order valence-electron chi connectivity index (χ1n) is 16.7. The van der Waals surface area contributed by atoms with Crippen LogP contribution in [0.1, 0.15) is 126 Å². The van der Waals surface area contributed by atoms with Gasteiger partial charge in [0.25, 0.3) is 0 Å². The van der Waals surface area contributed by atoms with Crippen molar-refractivity contribution < 1.29 is 33.8 Å². The molecule has 0 spiro atoms. The van der Waals surface area contributed by atoms with Crippen molar-refractivity contribution in [3.63, 3.8) is 0 Å². The second kappa shape index (κ2) is 18.9. The largest absolute Gasteiger partial charge is 0.444 e. The van der Waals surface area contributed by atoms with Crippen LogP contribution in [0.25, 0.3) is 0 Å². The Balaban J connectivity index is 3.15. The molecule has 0 heterocycles. The topological polar surface area (TPSA) is 189 Å². The summed E-state index contributed by atoms with van der Waals surface area (Å²) in [5.41, 5.74) is 3.74. The first kappa shape index (κ1) is 40.1. The Morgan fingerprint density at radius 2 is 1.53 bits per heavy atom. The van der Waals surface area contributed by atoms with Gasteiger partial charge in [-0.05, 0) is 57.8 Å². The minimum Gasteiger partial charge on any atom is -0.444 e. The van der Waals surface area contributed by atoms with Crippen molar-refractivity contribution in [1.82, 2.24) is 21.3 Å². The summed E-state index contributed by atoms with van der Waals surface area (Å²) >= 11 is 0. The standard InChI is InChI=1S/C33H61N5O7/c1-9-10-18-35-28(41)21(2)19-25(39)24(20-22-14-12-11-13-15-22)36-30(43)27(32(3,4)5)38-29(42)23(16-17-26(34)40)37-31(44)45-33(6,7)8/h21-25,27,39H,9-20H2,1-8H3,(H2,34,40)(H,35,41)(H,36,43)(H,37,44)(H,38,42)/t21-,23+,24+,25+,27-/m1/s1. The fourth-order valence-corrected chi connectivity index (χ4v) is 5.48. The number of aliphatic hydroxyl groups excluding tert-OH is 1. The maximum Gasteiger partial charge on any atom is 0.408 e. The normalized spacial score (nSPS) is 17.6. The van der Waals surface area contributed by atoms with Crippen LogP contribution in [0.5, 0.6) is 0 Å². The highest BCUT2D eigenvalue weighted by Gasteiger charge is 2.38. The number of nitrogens with one attached hydrogen (secondary N) is 4. The molecule has 0 bridgehead atoms. The van der Waals surface area contributed by atoms with Gasteiger partial charge in [-0.1, -0.05) is 73.1 Å². The molecule has 260 valence electrons. The zero-order valence-electron chi connectivity index (χ0n) is 28.9. The molecule has 0 aliphatic heterocycles. The number of aliphatic hydroxyl groups is 1. The van der Waals surface area contributed by atoms with E-state index in [1.165, 1.54) is 0 Å². The van der Waals surface area contributed by atoms with Gasteiger partial charge in [-0.15, -0.1) is 0 Å². The third kappa shape index (κ3) is 16.3. The summed E-state index contributed by atoms with van der Waals surface area (Å²) in [6.45, 7) is 14.8. The molecule has 0 aromatic heterocycles. The van der Waals surface area contributed by atoms with E-state index in [4.69, 9.17) is 10.5 Å². The molecule has 1 aliphatic rings. The number of primary amides is 1. The summed E-state index contributed by atoms with van der Waals surface area (Å²) in [6, 6.07) is -2.85. The first-order chi connectivity index (χ1) is 20.8. The number of unbranched alkanes of at least 4 members (excludes halogenated alkanes) is 1. The lowest BCUT2D eigenvalue weighted by molar-refractivity contribution is -0.134. The predicted molar refractivity (Wildman–Crippen MR) is 174 cm³/mol. The maximum atomic E-state index is 13.9. The molecular weight excluding hydrogens is 578 g/mol. The van der Waals surface area contributed by atoms with E-state index < -0.39 is 65.0 Å². The zero-order valence-corrected chi connectivity index (χ0v) is 28.9. The SMILES string of the molecule is CCCCNC(=O)[C@H](C)C[C@H](O)[C@H](CC1CCCCC1)NC(=O)[C@@H](NC(=O)[C@H](CCC(N)=O)NC(=O)OC(C)(C)C)C(C)(C)C. The molecule has 12 nitrogen and oxygen atoms in total. The number of nitrogens with two attached hydrogens (primary N) is 1. The number of amides is 5. The number of ether oxygens (including phenoxy) is 1. The lowest BCUT2D eigenvalue weighted by atomic mass is 9.81. The van der Waals surface area contributed by atoms with Gasteiger partial charge >= 0.3 is 6.09 Å². The van der Waals surface area contributed by atoms with Crippen molar-refractivity contribution >= 4 is 29.7 Å². The van der Waals surface area contributed by atoms with E-state index in [0.717, 1.165) is 44.9 Å². The molecule has 1 rings (SSSR count). The van der Waals surface area contributed by atoms with E-state index in [9.17, 15) is 29.1 Å². The third-order valence-electron chi connectivity index (χ3n) is 8.08. The van der Waals surface area contributed by atoms with Gasteiger partial charge in [0.1, 0.15) is 17.7 Å². The van der Waals surface area contributed by atoms with Crippen molar-refractivity contribution in [2.75, 3.05) is 6.54 Å². The van der Waals surface area contributed by atoms with Gasteiger partial charge in [-0.25, -0.2) is 4.79 Å². The molecule has 45 heavy (non-hydrogen) atoms. The van der Waals surface area contributed by atoms with E-state index in [-0.39, 0.29) is 25.2 Å². The minimum atomic E-state index is -1.18. The van der Waals surface area contributed by atoms with Crippen LogP contribution in [0.2, 0.25) is 0 Å². The van der Waals surface area contributed by atoms with E-state index in [2.05, 4.69) is 21.3 Å². The number of hydrogen-bond donors (Lipinski definition) is 6. The Kier molecular flexibility index (Phi) is 16.9. The number of alkyl carbamates (subject to hydrolysis) is 1. The molecule has 0 aromatic rings. The minimum absolute atomic E-state index is 0.0832. The Morgan fingerprint density at radius 3 is 2.07 bits per heavy atom. The highest BCUT2D eigenvalue weighted by Crippen LogP contribution is 2.29. The van der Waals surface area contributed by atoms with Gasteiger partial charge in [-0.3, -0.25) is 19.2 Å². The summed E-state index contributed by atoms with van der Waals surface area (Å²) in [7, 11) is 0. The molecule has 5 atom stereocenters. The molecule has 1 aliphatic carbocycles. The van der Waals surface area contributed by atoms with Gasteiger partial charge in [0, 0.05) is 18.9 Å². The van der Waals surface area contributed by atoms with Crippen LogP contribution in [0.3, 0.4) is 0 Å². The van der Waals surface area contributed by atoms with Crippen LogP contribution in [-0.2, 0) is 23.9 Å². The van der Waals surface area contributed by atoms with E-state index in [1.54, 1.807) is 48.5 Å². The van der Waals surface area contributed by atoms with E-state index in [1.807, 2.05) is 6.92 Å². The monoisotopic (exact) mass is 639 g/mol. The summed E-state index contributed by atoms with van der Waals surface area (Å²) < 4.78 is 5.29. The van der Waals surface area contributed by atoms with Gasteiger partial charge in [0.15, 0.2) is 0 Å². The predicted octanol–water partition coefficient (Wildman–Crippen LogP) is 3.43. The lowest BCUT2D eigenvalue weighted by Gasteiger charge is -2.36. The van der Waals surface area contributed by atoms with Crippen molar-refractivity contribution in [2.45, 2.75) is 156 Å². The quantitative estimate of drug-likeness (QED) is 0.131. The van der Waals surface area contributed by atoms with Crippen molar-refractivity contribution in [1.29, 1.82) is 0 Å². The zero-order chi connectivity index (χ0) is 34.4. The summed E-state index contributed by atoms with van der Waals surface area (Å²) in [5.74, 6) is -2.06. The van der Waals surface area contributed by atoms with Gasteiger partial charge in [0.2, 0.25) is 23.6 Å². The summed E-state index contributed by atoms with van der Waals surface area (Å²) in [5, 5.41) is 22.5. The van der Waals surface area contributed by atoms with Crippen molar-refractivity contribution in [3.05, 3.63) is 0 Å². The number of carbonyl (C=O) groups is 5. The number of hydrogen-bond acceptors (Lipinski definition) is 7. The molecule has 7 N–H and O–H groups in total. The second-order valence-electron chi connectivity index (χ2n) is 14.7. The average Bonchev–Trinajstić information content (AvgIpc) is 2.92. The van der Waals surface area contributed by atoms with Crippen LogP contribution in [-0.4, -0.2) is 71.2 Å². The Bertz CT molecular complexity index is 969. The van der Waals surface area contributed by atoms with Crippen LogP contribution in [0, 0.1) is 17.3 Å². The molecule has 5 amide bonds. The van der Waals surface area contributed by atoms with Crippen LogP contribution in [0.4, 0.5) is 4.79 Å². The van der Waals surface area contributed by atoms with Crippen molar-refractivity contribution in [2.24, 2.45) is 23.0 Å². The van der Waals surface area contributed by atoms with Gasteiger partial charge in [0.05, 0.1) is 12.1 Å². The van der Waals surface area contributed by atoms with Crippen LogP contribution < -0.4 is 27.0 Å².